The van der Waals surface area contributed by atoms with E-state index in [4.69, 9.17) is 28.9 Å². The number of anilines is 1. The van der Waals surface area contributed by atoms with Crippen molar-refractivity contribution in [1.29, 1.82) is 0 Å². The summed E-state index contributed by atoms with van der Waals surface area (Å²) in [5.74, 6) is 0.816. The van der Waals surface area contributed by atoms with Crippen LogP contribution in [0, 0.1) is 0 Å². The maximum Gasteiger partial charge on any atom is 0.223 e. The first-order valence-electron chi connectivity index (χ1n) is 4.52. The van der Waals surface area contributed by atoms with Gasteiger partial charge in [0.15, 0.2) is 0 Å². The molecule has 1 aromatic heterocycles. The molecule has 4 nitrogen and oxygen atoms in total. The highest BCUT2D eigenvalue weighted by atomic mass is 35.5. The van der Waals surface area contributed by atoms with E-state index >= 15 is 0 Å². The van der Waals surface area contributed by atoms with Crippen molar-refractivity contribution in [2.45, 2.75) is 6.42 Å². The van der Waals surface area contributed by atoms with Gasteiger partial charge in [-0.15, -0.1) is 0 Å². The van der Waals surface area contributed by atoms with Gasteiger partial charge in [0.2, 0.25) is 5.95 Å². The van der Waals surface area contributed by atoms with Gasteiger partial charge in [0.1, 0.15) is 12.2 Å². The molecule has 0 amide bonds. The van der Waals surface area contributed by atoms with Gasteiger partial charge < -0.3 is 5.73 Å². The van der Waals surface area contributed by atoms with Gasteiger partial charge in [0.05, 0.1) is 10.0 Å². The Balaban J connectivity index is 2.24. The number of aromatic nitrogens is 3. The first kappa shape index (κ1) is 11.1. The highest BCUT2D eigenvalue weighted by Crippen LogP contribution is 2.23. The summed E-state index contributed by atoms with van der Waals surface area (Å²) in [6, 6.07) is 5.39. The molecule has 0 atom stereocenters. The standard InChI is InChI=1S/C10H8Cl2N4/c11-7-2-1-6(3-8(7)12)4-9-14-5-15-10(13)16-9/h1-3,5H,4H2,(H2,13,14,15,16). The van der Waals surface area contributed by atoms with Gasteiger partial charge in [-0.3, -0.25) is 0 Å². The fourth-order valence-corrected chi connectivity index (χ4v) is 1.58. The molecule has 0 saturated heterocycles. The molecule has 0 aliphatic rings. The second-order valence-corrected chi connectivity index (χ2v) is 4.00. The fraction of sp³-hybridized carbons (Fsp3) is 0.100. The summed E-state index contributed by atoms with van der Waals surface area (Å²) in [4.78, 5) is 11.7. The molecule has 0 spiro atoms. The zero-order chi connectivity index (χ0) is 11.5. The number of nitrogens with zero attached hydrogens (tertiary/aromatic N) is 3. The van der Waals surface area contributed by atoms with E-state index in [1.165, 1.54) is 6.33 Å². The van der Waals surface area contributed by atoms with Crippen LogP contribution in [0.5, 0.6) is 0 Å². The first-order valence-corrected chi connectivity index (χ1v) is 5.28. The predicted molar refractivity (Wildman–Crippen MR) is 63.5 cm³/mol. The van der Waals surface area contributed by atoms with Gasteiger partial charge in [0.25, 0.3) is 0 Å². The topological polar surface area (TPSA) is 64.7 Å². The van der Waals surface area contributed by atoms with Gasteiger partial charge in [-0.25, -0.2) is 9.97 Å². The van der Waals surface area contributed by atoms with Crippen molar-refractivity contribution in [3.63, 3.8) is 0 Å². The Morgan fingerprint density at radius 1 is 1.12 bits per heavy atom. The first-order chi connectivity index (χ1) is 7.65. The monoisotopic (exact) mass is 254 g/mol. The number of nitrogen functional groups attached to an aromatic ring is 1. The fourth-order valence-electron chi connectivity index (χ4n) is 1.26. The lowest BCUT2D eigenvalue weighted by Gasteiger charge is -2.02. The van der Waals surface area contributed by atoms with Crippen LogP contribution in [-0.2, 0) is 6.42 Å². The average molecular weight is 255 g/mol. The van der Waals surface area contributed by atoms with Crippen LogP contribution in [0.3, 0.4) is 0 Å². The van der Waals surface area contributed by atoms with Gasteiger partial charge in [-0.05, 0) is 17.7 Å². The summed E-state index contributed by atoms with van der Waals surface area (Å²) < 4.78 is 0. The second kappa shape index (κ2) is 4.63. The Morgan fingerprint density at radius 2 is 1.94 bits per heavy atom. The van der Waals surface area contributed by atoms with Crippen molar-refractivity contribution in [2.75, 3.05) is 5.73 Å². The quantitative estimate of drug-likeness (QED) is 0.894. The van der Waals surface area contributed by atoms with Gasteiger partial charge >= 0.3 is 0 Å². The van der Waals surface area contributed by atoms with E-state index < -0.39 is 0 Å². The van der Waals surface area contributed by atoms with Crippen LogP contribution in [0.25, 0.3) is 0 Å². The van der Waals surface area contributed by atoms with E-state index in [1.807, 2.05) is 6.07 Å². The highest BCUT2D eigenvalue weighted by molar-refractivity contribution is 6.42. The molecule has 1 heterocycles. The molecule has 16 heavy (non-hydrogen) atoms. The highest BCUT2D eigenvalue weighted by Gasteiger charge is 2.03. The number of hydrogen-bond donors (Lipinski definition) is 1. The van der Waals surface area contributed by atoms with Crippen molar-refractivity contribution in [2.24, 2.45) is 0 Å². The number of halogens is 2. The van der Waals surface area contributed by atoms with E-state index in [2.05, 4.69) is 15.0 Å². The summed E-state index contributed by atoms with van der Waals surface area (Å²) in [7, 11) is 0. The van der Waals surface area contributed by atoms with E-state index in [9.17, 15) is 0 Å². The number of benzene rings is 1. The van der Waals surface area contributed by atoms with Crippen LogP contribution in [0.1, 0.15) is 11.4 Å². The molecular formula is C10H8Cl2N4. The largest absolute Gasteiger partial charge is 0.368 e. The Labute approximate surface area is 102 Å². The summed E-state index contributed by atoms with van der Waals surface area (Å²) in [5, 5.41) is 1.04. The van der Waals surface area contributed by atoms with Crippen LogP contribution in [0.4, 0.5) is 5.95 Å². The summed E-state index contributed by atoms with van der Waals surface area (Å²) in [6.07, 6.45) is 1.93. The van der Waals surface area contributed by atoms with Crippen molar-refractivity contribution in [3.8, 4) is 0 Å². The smallest absolute Gasteiger partial charge is 0.223 e. The minimum Gasteiger partial charge on any atom is -0.368 e. The zero-order valence-electron chi connectivity index (χ0n) is 8.19. The second-order valence-electron chi connectivity index (χ2n) is 3.19. The summed E-state index contributed by atoms with van der Waals surface area (Å²) in [5.41, 5.74) is 6.43. The van der Waals surface area contributed by atoms with E-state index in [0.29, 0.717) is 22.3 Å². The normalized spacial score (nSPS) is 10.4. The van der Waals surface area contributed by atoms with Gasteiger partial charge in [0, 0.05) is 6.42 Å². The molecule has 0 unspecified atom stereocenters. The molecule has 2 rings (SSSR count). The SMILES string of the molecule is Nc1ncnc(Cc2ccc(Cl)c(Cl)c2)n1. The molecule has 6 heteroatoms. The van der Waals surface area contributed by atoms with Crippen LogP contribution in [0.2, 0.25) is 10.0 Å². The van der Waals surface area contributed by atoms with Gasteiger partial charge in [-0.1, -0.05) is 29.3 Å². The minimum atomic E-state index is 0.213. The van der Waals surface area contributed by atoms with Crippen molar-refractivity contribution < 1.29 is 0 Å². The number of nitrogens with two attached hydrogens (primary N) is 1. The maximum absolute atomic E-state index is 5.90. The van der Waals surface area contributed by atoms with Gasteiger partial charge in [-0.2, -0.15) is 4.98 Å². The average Bonchev–Trinajstić information content (AvgIpc) is 2.24. The lowest BCUT2D eigenvalue weighted by atomic mass is 10.1. The van der Waals surface area contributed by atoms with E-state index in [-0.39, 0.29) is 5.95 Å². The molecule has 1 aromatic carbocycles. The summed E-state index contributed by atoms with van der Waals surface area (Å²) >= 11 is 11.7. The molecule has 0 saturated carbocycles. The Hall–Kier alpha value is -1.39. The molecule has 0 fully saturated rings. The number of hydrogen-bond acceptors (Lipinski definition) is 4. The third-order valence-corrected chi connectivity index (χ3v) is 2.73. The molecule has 0 bridgehead atoms. The molecule has 0 aliphatic heterocycles. The van der Waals surface area contributed by atoms with E-state index in [1.54, 1.807) is 12.1 Å². The molecular weight excluding hydrogens is 247 g/mol. The predicted octanol–water partition coefficient (Wildman–Crippen LogP) is 2.35. The maximum atomic E-state index is 5.90. The molecule has 82 valence electrons. The molecule has 0 aliphatic carbocycles. The van der Waals surface area contributed by atoms with Crippen LogP contribution >= 0.6 is 23.2 Å². The summed E-state index contributed by atoms with van der Waals surface area (Å²) in [6.45, 7) is 0. The van der Waals surface area contributed by atoms with Crippen LogP contribution in [-0.4, -0.2) is 15.0 Å². The third-order valence-electron chi connectivity index (χ3n) is 1.99. The Morgan fingerprint density at radius 3 is 2.62 bits per heavy atom. The zero-order valence-corrected chi connectivity index (χ0v) is 9.70. The van der Waals surface area contributed by atoms with Crippen molar-refractivity contribution >= 4 is 29.2 Å². The minimum absolute atomic E-state index is 0.213. The third kappa shape index (κ3) is 2.59. The van der Waals surface area contributed by atoms with Crippen LogP contribution in [0.15, 0.2) is 24.5 Å². The molecule has 0 radical (unpaired) electrons. The van der Waals surface area contributed by atoms with Crippen molar-refractivity contribution in [1.82, 2.24) is 15.0 Å². The van der Waals surface area contributed by atoms with Crippen LogP contribution < -0.4 is 5.73 Å². The lowest BCUT2D eigenvalue weighted by Crippen LogP contribution is -2.02. The molecule has 2 aromatic rings. The molecule has 2 N–H and O–H groups in total. The number of rotatable bonds is 2. The van der Waals surface area contributed by atoms with E-state index in [0.717, 1.165) is 5.56 Å². The lowest BCUT2D eigenvalue weighted by molar-refractivity contribution is 0.929. The Kier molecular flexibility index (Phi) is 3.22. The Bertz CT molecular complexity index is 516. The van der Waals surface area contributed by atoms with Crippen molar-refractivity contribution in [3.05, 3.63) is 46.0 Å².